The van der Waals surface area contributed by atoms with Crippen LogP contribution in [0.15, 0.2) is 25.3 Å². The van der Waals surface area contributed by atoms with Crippen molar-refractivity contribution in [1.29, 1.82) is 0 Å². The average molecular weight is 656 g/mol. The highest BCUT2D eigenvalue weighted by atomic mass is 79.9. The fraction of sp³-hybridized carbons (Fsp3) is 0.781. The summed E-state index contributed by atoms with van der Waals surface area (Å²) in [6.45, 7) is 22.8. The van der Waals surface area contributed by atoms with Gasteiger partial charge < -0.3 is 19.6 Å². The molecular formula is C32H51BrN2O5S. The number of aliphatic hydroxyl groups excluding tert-OH is 1. The molecule has 3 aliphatic rings. The Bertz CT molecular complexity index is 1010. The molecular weight excluding hydrogens is 604 g/mol. The minimum absolute atomic E-state index is 0.0364. The first-order valence-electron chi connectivity index (χ1n) is 15.0. The number of nitrogens with zero attached hydrogens (tertiary/aromatic N) is 2. The normalized spacial score (nSPS) is 30.0. The maximum Gasteiger partial charge on any atom is 0.310 e. The molecule has 0 aromatic heterocycles. The zero-order chi connectivity index (χ0) is 30.9. The summed E-state index contributed by atoms with van der Waals surface area (Å²) < 4.78 is 4.92. The van der Waals surface area contributed by atoms with E-state index in [1.807, 2.05) is 18.7 Å². The van der Waals surface area contributed by atoms with Crippen LogP contribution in [0.25, 0.3) is 0 Å². The second-order valence-electron chi connectivity index (χ2n) is 14.3. The van der Waals surface area contributed by atoms with E-state index in [0.29, 0.717) is 25.8 Å². The molecule has 3 heterocycles. The smallest absolute Gasteiger partial charge is 0.310 e. The van der Waals surface area contributed by atoms with Crippen molar-refractivity contribution in [1.82, 2.24) is 9.80 Å². The molecule has 41 heavy (non-hydrogen) atoms. The maximum absolute atomic E-state index is 14.9. The molecule has 9 heteroatoms. The van der Waals surface area contributed by atoms with Crippen molar-refractivity contribution in [2.75, 3.05) is 19.8 Å². The standard InChI is InChI=1S/C32H51BrN2O5S/c1-10-12-13-15-40-29(39)23-24-27(37)35(21(18-36)16-20(3)4)26(32(24)17-22(33)25(23)41-32)28(38)34(14-11-2)31(8,9)19-30(5,6)7/h10-11,20-26,36H,1-2,12-19H2,3-9H3/t21-,22?,23+,24+,25+,26?,32?/m1/s1. The Morgan fingerprint density at radius 2 is 1.90 bits per heavy atom. The van der Waals surface area contributed by atoms with Crippen LogP contribution in [0.5, 0.6) is 0 Å². The number of hydrogen-bond acceptors (Lipinski definition) is 6. The van der Waals surface area contributed by atoms with Crippen LogP contribution in [0.1, 0.15) is 80.6 Å². The van der Waals surface area contributed by atoms with Crippen LogP contribution in [-0.2, 0) is 19.1 Å². The first kappa shape index (κ1) is 34.2. The minimum atomic E-state index is -0.802. The fourth-order valence-electron chi connectivity index (χ4n) is 7.63. The first-order chi connectivity index (χ1) is 19.1. The van der Waals surface area contributed by atoms with Crippen LogP contribution < -0.4 is 0 Å². The summed E-state index contributed by atoms with van der Waals surface area (Å²) in [5.41, 5.74) is -0.555. The van der Waals surface area contributed by atoms with Gasteiger partial charge >= 0.3 is 5.97 Å². The topological polar surface area (TPSA) is 87.1 Å². The Morgan fingerprint density at radius 1 is 1.24 bits per heavy atom. The van der Waals surface area contributed by atoms with Gasteiger partial charge in [0.25, 0.3) is 0 Å². The lowest BCUT2D eigenvalue weighted by molar-refractivity contribution is -0.154. The van der Waals surface area contributed by atoms with Gasteiger partial charge in [-0.1, -0.05) is 62.7 Å². The Labute approximate surface area is 260 Å². The van der Waals surface area contributed by atoms with Gasteiger partial charge in [0, 0.05) is 22.2 Å². The van der Waals surface area contributed by atoms with Crippen molar-refractivity contribution in [3.05, 3.63) is 25.3 Å². The summed E-state index contributed by atoms with van der Waals surface area (Å²) in [4.78, 5) is 46.5. The molecule has 0 aromatic rings. The van der Waals surface area contributed by atoms with Gasteiger partial charge in [-0.25, -0.2) is 0 Å². The molecule has 3 rings (SSSR count). The van der Waals surface area contributed by atoms with E-state index < -0.39 is 34.2 Å². The van der Waals surface area contributed by atoms with Crippen molar-refractivity contribution >= 4 is 45.5 Å². The van der Waals surface area contributed by atoms with Crippen molar-refractivity contribution in [2.24, 2.45) is 23.2 Å². The van der Waals surface area contributed by atoms with E-state index in [2.05, 4.69) is 63.7 Å². The molecule has 0 radical (unpaired) electrons. The van der Waals surface area contributed by atoms with E-state index in [1.165, 1.54) is 0 Å². The molecule has 3 unspecified atom stereocenters. The monoisotopic (exact) mass is 654 g/mol. The van der Waals surface area contributed by atoms with Gasteiger partial charge in [0.2, 0.25) is 11.8 Å². The average Bonchev–Trinajstić information content (AvgIpc) is 3.45. The van der Waals surface area contributed by atoms with E-state index in [1.54, 1.807) is 28.8 Å². The number of aliphatic hydroxyl groups is 1. The number of carbonyl (C=O) groups is 3. The minimum Gasteiger partial charge on any atom is -0.465 e. The largest absolute Gasteiger partial charge is 0.465 e. The van der Waals surface area contributed by atoms with Gasteiger partial charge in [-0.15, -0.1) is 24.9 Å². The summed E-state index contributed by atoms with van der Waals surface area (Å²) in [6, 6.07) is -1.32. The molecule has 232 valence electrons. The molecule has 0 aliphatic carbocycles. The molecule has 3 saturated heterocycles. The van der Waals surface area contributed by atoms with Crippen LogP contribution >= 0.6 is 27.7 Å². The molecule has 3 fully saturated rings. The third-order valence-corrected chi connectivity index (χ3v) is 11.9. The third-order valence-electron chi connectivity index (χ3n) is 8.65. The predicted octanol–water partition coefficient (Wildman–Crippen LogP) is 5.60. The second kappa shape index (κ2) is 13.1. The summed E-state index contributed by atoms with van der Waals surface area (Å²) in [6.07, 6.45) is 6.85. The van der Waals surface area contributed by atoms with E-state index in [4.69, 9.17) is 4.74 Å². The predicted molar refractivity (Wildman–Crippen MR) is 170 cm³/mol. The molecule has 0 saturated carbocycles. The Kier molecular flexibility index (Phi) is 10.9. The Balaban J connectivity index is 2.12. The van der Waals surface area contributed by atoms with Gasteiger partial charge in [-0.05, 0) is 57.3 Å². The molecule has 3 aliphatic heterocycles. The summed E-state index contributed by atoms with van der Waals surface area (Å²) >= 11 is 5.43. The lowest BCUT2D eigenvalue weighted by Gasteiger charge is -2.47. The van der Waals surface area contributed by atoms with E-state index in [9.17, 15) is 19.5 Å². The molecule has 2 amide bonds. The van der Waals surface area contributed by atoms with E-state index >= 15 is 0 Å². The number of rotatable bonds is 14. The van der Waals surface area contributed by atoms with Gasteiger partial charge in [-0.2, -0.15) is 0 Å². The summed E-state index contributed by atoms with van der Waals surface area (Å²) in [7, 11) is 0. The van der Waals surface area contributed by atoms with Crippen LogP contribution in [0.3, 0.4) is 0 Å². The maximum atomic E-state index is 14.9. The summed E-state index contributed by atoms with van der Waals surface area (Å²) in [5, 5.41) is 10.4. The molecule has 1 spiro atoms. The number of ether oxygens (including phenoxy) is 1. The number of fused-ring (bicyclic) bond motifs is 1. The molecule has 7 nitrogen and oxygen atoms in total. The summed E-state index contributed by atoms with van der Waals surface area (Å²) in [5.74, 6) is -1.84. The number of unbranched alkanes of at least 4 members (excludes halogenated alkanes) is 1. The second-order valence-corrected chi connectivity index (χ2v) is 17.0. The highest BCUT2D eigenvalue weighted by Crippen LogP contribution is 2.68. The number of carbonyl (C=O) groups excluding carboxylic acids is 3. The van der Waals surface area contributed by atoms with Crippen molar-refractivity contribution < 1.29 is 24.2 Å². The van der Waals surface area contributed by atoms with Gasteiger partial charge in [-0.3, -0.25) is 14.4 Å². The molecule has 1 N–H and O–H groups in total. The number of allylic oxidation sites excluding steroid dienone is 1. The van der Waals surface area contributed by atoms with Crippen LogP contribution in [0.2, 0.25) is 0 Å². The number of thioether (sulfide) groups is 1. The third kappa shape index (κ3) is 6.77. The zero-order valence-electron chi connectivity index (χ0n) is 26.0. The van der Waals surface area contributed by atoms with Gasteiger partial charge in [0.1, 0.15) is 6.04 Å². The Morgan fingerprint density at radius 3 is 2.44 bits per heavy atom. The number of hydrogen-bond donors (Lipinski definition) is 1. The fourth-order valence-corrected chi connectivity index (χ4v) is 11.2. The van der Waals surface area contributed by atoms with E-state index in [-0.39, 0.29) is 52.4 Å². The van der Waals surface area contributed by atoms with Crippen LogP contribution in [0.4, 0.5) is 0 Å². The molecule has 7 atom stereocenters. The van der Waals surface area contributed by atoms with Crippen molar-refractivity contribution in [3.63, 3.8) is 0 Å². The Hall–Kier alpha value is -1.32. The highest BCUT2D eigenvalue weighted by molar-refractivity contribution is 9.09. The number of likely N-dealkylation sites (tertiary alicyclic amines) is 1. The lowest BCUT2D eigenvalue weighted by Crippen LogP contribution is -2.62. The quantitative estimate of drug-likeness (QED) is 0.114. The van der Waals surface area contributed by atoms with Gasteiger partial charge in [0.15, 0.2) is 0 Å². The van der Waals surface area contributed by atoms with Crippen molar-refractivity contribution in [2.45, 2.75) is 113 Å². The van der Waals surface area contributed by atoms with Crippen LogP contribution in [-0.4, -0.2) is 84.9 Å². The number of halogens is 1. The number of amides is 2. The molecule has 2 bridgehead atoms. The first-order valence-corrected chi connectivity index (χ1v) is 16.8. The number of alkyl halides is 1. The van der Waals surface area contributed by atoms with Crippen molar-refractivity contribution in [3.8, 4) is 0 Å². The zero-order valence-corrected chi connectivity index (χ0v) is 28.4. The molecule has 0 aromatic carbocycles. The highest BCUT2D eigenvalue weighted by Gasteiger charge is 2.77. The number of esters is 1. The lowest BCUT2D eigenvalue weighted by atomic mass is 9.70. The van der Waals surface area contributed by atoms with E-state index in [0.717, 1.165) is 12.8 Å². The van der Waals surface area contributed by atoms with Crippen LogP contribution in [0, 0.1) is 23.2 Å². The van der Waals surface area contributed by atoms with Gasteiger partial charge in [0.05, 0.1) is 35.8 Å². The SMILES string of the molecule is C=CCCCOC(=O)[C@H]1[C@H]2C(=O)N([C@@H](CO)CC(C)C)C(C(=O)N(CC=C)C(C)(C)CC(C)(C)C)C23CC(Br)[C@@H]1S3.